The van der Waals surface area contributed by atoms with E-state index < -0.39 is 0 Å². The van der Waals surface area contributed by atoms with Crippen molar-refractivity contribution in [2.24, 2.45) is 0 Å². The highest BCUT2D eigenvalue weighted by Gasteiger charge is 2.05. The van der Waals surface area contributed by atoms with Gasteiger partial charge in [0.15, 0.2) is 0 Å². The van der Waals surface area contributed by atoms with Gasteiger partial charge in [-0.3, -0.25) is 0 Å². The zero-order chi connectivity index (χ0) is 16.1. The van der Waals surface area contributed by atoms with Crippen molar-refractivity contribution in [1.82, 2.24) is 10.6 Å². The third kappa shape index (κ3) is 3.90. The number of benzene rings is 2. The minimum Gasteiger partial charge on any atom is -0.338 e. The first kappa shape index (κ1) is 15.6. The summed E-state index contributed by atoms with van der Waals surface area (Å²) >= 11 is 1.75. The second-order valence-corrected chi connectivity index (χ2v) is 6.45. The van der Waals surface area contributed by atoms with Crippen molar-refractivity contribution in [2.45, 2.75) is 19.9 Å². The van der Waals surface area contributed by atoms with E-state index in [1.807, 2.05) is 18.2 Å². The first-order valence-corrected chi connectivity index (χ1v) is 8.63. The second kappa shape index (κ2) is 7.29. The molecule has 0 aliphatic rings. The summed E-state index contributed by atoms with van der Waals surface area (Å²) in [7, 11) is 0. The number of aryl methyl sites for hydroxylation is 1. The molecule has 118 valence electrons. The lowest BCUT2D eigenvalue weighted by atomic mass is 10.1. The van der Waals surface area contributed by atoms with Crippen LogP contribution in [-0.2, 0) is 13.0 Å². The van der Waals surface area contributed by atoms with Crippen LogP contribution in [0.5, 0.6) is 0 Å². The molecule has 0 radical (unpaired) electrons. The van der Waals surface area contributed by atoms with Crippen LogP contribution in [0.15, 0.2) is 53.9 Å². The van der Waals surface area contributed by atoms with Gasteiger partial charge in [-0.25, -0.2) is 4.79 Å². The topological polar surface area (TPSA) is 41.1 Å². The summed E-state index contributed by atoms with van der Waals surface area (Å²) in [4.78, 5) is 11.9. The maximum atomic E-state index is 11.9. The van der Waals surface area contributed by atoms with Crippen LogP contribution < -0.4 is 10.6 Å². The molecule has 3 aromatic rings. The van der Waals surface area contributed by atoms with Gasteiger partial charge in [0.25, 0.3) is 0 Å². The highest BCUT2D eigenvalue weighted by molar-refractivity contribution is 7.17. The van der Waals surface area contributed by atoms with E-state index >= 15 is 0 Å². The zero-order valence-electron chi connectivity index (χ0n) is 13.1. The Balaban J connectivity index is 1.47. The highest BCUT2D eigenvalue weighted by atomic mass is 32.1. The van der Waals surface area contributed by atoms with Crippen molar-refractivity contribution >= 4 is 27.5 Å². The number of carbonyl (C=O) groups excluding carboxylic acids is 1. The summed E-state index contributed by atoms with van der Waals surface area (Å²) in [6.45, 7) is 3.25. The molecule has 0 bridgehead atoms. The van der Waals surface area contributed by atoms with Crippen LogP contribution in [0.25, 0.3) is 10.1 Å². The lowest BCUT2D eigenvalue weighted by molar-refractivity contribution is 0.240. The van der Waals surface area contributed by atoms with E-state index in [9.17, 15) is 4.79 Å². The van der Waals surface area contributed by atoms with Crippen LogP contribution in [-0.4, -0.2) is 12.6 Å². The fourth-order valence-corrected chi connectivity index (χ4v) is 3.58. The van der Waals surface area contributed by atoms with Gasteiger partial charge in [0.2, 0.25) is 0 Å². The smallest absolute Gasteiger partial charge is 0.315 e. The average Bonchev–Trinajstić information content (AvgIpc) is 2.98. The number of amides is 2. The molecule has 0 aliphatic carbocycles. The van der Waals surface area contributed by atoms with Gasteiger partial charge >= 0.3 is 6.03 Å². The monoisotopic (exact) mass is 324 g/mol. The Morgan fingerprint density at radius 1 is 1.00 bits per heavy atom. The van der Waals surface area contributed by atoms with Crippen molar-refractivity contribution in [3.63, 3.8) is 0 Å². The number of fused-ring (bicyclic) bond motifs is 1. The Bertz CT molecular complexity index is 810. The third-order valence-corrected chi connectivity index (χ3v) is 4.95. The molecule has 1 aromatic heterocycles. The van der Waals surface area contributed by atoms with Crippen molar-refractivity contribution in [1.29, 1.82) is 0 Å². The normalized spacial score (nSPS) is 10.7. The largest absolute Gasteiger partial charge is 0.338 e. The van der Waals surface area contributed by atoms with E-state index in [-0.39, 0.29) is 6.03 Å². The molecule has 1 heterocycles. The van der Waals surface area contributed by atoms with E-state index in [1.165, 1.54) is 21.2 Å². The van der Waals surface area contributed by atoms with Crippen molar-refractivity contribution < 1.29 is 4.79 Å². The SMILES string of the molecule is Cc1ccccc1CNC(=O)NCCc1csc2ccccc12. The molecular formula is C19H20N2OS. The van der Waals surface area contributed by atoms with E-state index in [2.05, 4.69) is 53.3 Å². The minimum absolute atomic E-state index is 0.118. The Morgan fingerprint density at radius 3 is 2.65 bits per heavy atom. The summed E-state index contributed by atoms with van der Waals surface area (Å²) in [5, 5.41) is 9.31. The molecule has 0 unspecified atom stereocenters. The van der Waals surface area contributed by atoms with Crippen molar-refractivity contribution in [2.75, 3.05) is 6.54 Å². The van der Waals surface area contributed by atoms with E-state index in [4.69, 9.17) is 0 Å². The standard InChI is InChI=1S/C19H20N2OS/c1-14-6-2-3-7-15(14)12-21-19(22)20-11-10-16-13-23-18-9-5-4-8-17(16)18/h2-9,13H,10-12H2,1H3,(H2,20,21,22). The lowest BCUT2D eigenvalue weighted by Gasteiger charge is -2.09. The number of carbonyl (C=O) groups is 1. The Labute approximate surface area is 140 Å². The number of nitrogens with one attached hydrogen (secondary N) is 2. The molecule has 2 amide bonds. The molecule has 4 heteroatoms. The quantitative estimate of drug-likeness (QED) is 0.724. The summed E-state index contributed by atoms with van der Waals surface area (Å²) in [5.74, 6) is 0. The van der Waals surface area contributed by atoms with Crippen LogP contribution in [0, 0.1) is 6.92 Å². The molecule has 3 nitrogen and oxygen atoms in total. The van der Waals surface area contributed by atoms with Crippen LogP contribution in [0.4, 0.5) is 4.79 Å². The Hall–Kier alpha value is -2.33. The molecule has 0 saturated carbocycles. The summed E-state index contributed by atoms with van der Waals surface area (Å²) in [5.41, 5.74) is 3.63. The number of hydrogen-bond acceptors (Lipinski definition) is 2. The van der Waals surface area contributed by atoms with Gasteiger partial charge in [-0.15, -0.1) is 11.3 Å². The third-order valence-electron chi connectivity index (χ3n) is 3.94. The van der Waals surface area contributed by atoms with Crippen LogP contribution in [0.3, 0.4) is 0 Å². The van der Waals surface area contributed by atoms with Crippen LogP contribution in [0.1, 0.15) is 16.7 Å². The summed E-state index contributed by atoms with van der Waals surface area (Å²) < 4.78 is 1.30. The second-order valence-electron chi connectivity index (χ2n) is 5.54. The molecular weight excluding hydrogens is 304 g/mol. The van der Waals surface area contributed by atoms with Gasteiger partial charge in [-0.05, 0) is 46.9 Å². The molecule has 0 atom stereocenters. The van der Waals surface area contributed by atoms with Crippen molar-refractivity contribution in [3.05, 3.63) is 70.6 Å². The first-order chi connectivity index (χ1) is 11.2. The van der Waals surface area contributed by atoms with Gasteiger partial charge < -0.3 is 10.6 Å². The number of thiophene rings is 1. The molecule has 3 rings (SSSR count). The van der Waals surface area contributed by atoms with E-state index in [0.717, 1.165) is 12.0 Å². The lowest BCUT2D eigenvalue weighted by Crippen LogP contribution is -2.36. The maximum absolute atomic E-state index is 11.9. The van der Waals surface area contributed by atoms with Crippen LogP contribution >= 0.6 is 11.3 Å². The fourth-order valence-electron chi connectivity index (χ4n) is 2.58. The molecule has 0 aliphatic heterocycles. The van der Waals surface area contributed by atoms with Gasteiger partial charge in [-0.1, -0.05) is 42.5 Å². The molecule has 0 spiro atoms. The van der Waals surface area contributed by atoms with Crippen molar-refractivity contribution in [3.8, 4) is 0 Å². The molecule has 0 fully saturated rings. The number of hydrogen-bond donors (Lipinski definition) is 2. The average molecular weight is 324 g/mol. The summed E-state index contributed by atoms with van der Waals surface area (Å²) in [6, 6.07) is 16.3. The van der Waals surface area contributed by atoms with E-state index in [1.54, 1.807) is 11.3 Å². The van der Waals surface area contributed by atoms with Gasteiger partial charge in [-0.2, -0.15) is 0 Å². The molecule has 0 saturated heterocycles. The van der Waals surface area contributed by atoms with Gasteiger partial charge in [0.1, 0.15) is 0 Å². The van der Waals surface area contributed by atoms with Gasteiger partial charge in [0.05, 0.1) is 0 Å². The molecule has 2 N–H and O–H groups in total. The number of rotatable bonds is 5. The predicted octanol–water partition coefficient (Wildman–Crippen LogP) is 4.25. The fraction of sp³-hybridized carbons (Fsp3) is 0.211. The maximum Gasteiger partial charge on any atom is 0.315 e. The molecule has 23 heavy (non-hydrogen) atoms. The molecule has 2 aromatic carbocycles. The number of urea groups is 1. The van der Waals surface area contributed by atoms with E-state index in [0.29, 0.717) is 13.1 Å². The Kier molecular flexibility index (Phi) is 4.93. The first-order valence-electron chi connectivity index (χ1n) is 7.75. The predicted molar refractivity (Wildman–Crippen MR) is 96.9 cm³/mol. The highest BCUT2D eigenvalue weighted by Crippen LogP contribution is 2.25. The van der Waals surface area contributed by atoms with Gasteiger partial charge in [0, 0.05) is 17.8 Å². The Morgan fingerprint density at radius 2 is 1.78 bits per heavy atom. The zero-order valence-corrected chi connectivity index (χ0v) is 14.0. The minimum atomic E-state index is -0.118. The van der Waals surface area contributed by atoms with Crippen LogP contribution in [0.2, 0.25) is 0 Å². The summed E-state index contributed by atoms with van der Waals surface area (Å²) in [6.07, 6.45) is 0.849.